The number of benzene rings is 2. The Morgan fingerprint density at radius 2 is 1.56 bits per heavy atom. The smallest absolute Gasteiger partial charge is 0.249 e. The Hall–Kier alpha value is -2.09. The molecule has 0 radical (unpaired) electrons. The molecule has 0 aliphatic carbocycles. The molecule has 18 heavy (non-hydrogen) atoms. The normalized spacial score (nSPS) is 10.4. The van der Waals surface area contributed by atoms with Gasteiger partial charge in [-0.2, -0.15) is 0 Å². The van der Waals surface area contributed by atoms with Gasteiger partial charge in [0.15, 0.2) is 0 Å². The molecule has 2 heteroatoms. The van der Waals surface area contributed by atoms with Gasteiger partial charge in [-0.25, -0.2) is 0 Å². The van der Waals surface area contributed by atoms with E-state index in [1.165, 1.54) is 16.7 Å². The molecular weight excluding hydrogens is 222 g/mol. The molecule has 0 aromatic heterocycles. The van der Waals surface area contributed by atoms with Crippen LogP contribution in [-0.4, -0.2) is 5.91 Å². The molecule has 1 amide bonds. The van der Waals surface area contributed by atoms with Crippen LogP contribution < -0.4 is 5.73 Å². The van der Waals surface area contributed by atoms with Crippen LogP contribution in [0.2, 0.25) is 0 Å². The predicted molar refractivity (Wildman–Crippen MR) is 74.6 cm³/mol. The maximum atomic E-state index is 11.5. The standard InChI is InChI=1S/C16H17NO/c1-10-8-9-13(12(3)11(10)2)14-6-4-5-7-15(14)16(17)18/h4-9H,1-3H3,(H2,17,18). The molecule has 0 heterocycles. The Balaban J connectivity index is 2.70. The van der Waals surface area contributed by atoms with Crippen LogP contribution in [0.15, 0.2) is 36.4 Å². The van der Waals surface area contributed by atoms with Crippen molar-refractivity contribution < 1.29 is 4.79 Å². The maximum absolute atomic E-state index is 11.5. The molecule has 0 unspecified atom stereocenters. The highest BCUT2D eigenvalue weighted by molar-refractivity contribution is 6.00. The van der Waals surface area contributed by atoms with E-state index in [4.69, 9.17) is 5.73 Å². The van der Waals surface area contributed by atoms with E-state index in [-0.39, 0.29) is 5.91 Å². The lowest BCUT2D eigenvalue weighted by molar-refractivity contribution is 0.100. The number of carbonyl (C=O) groups excluding carboxylic acids is 1. The number of primary amides is 1. The number of aryl methyl sites for hydroxylation is 1. The fourth-order valence-corrected chi connectivity index (χ4v) is 2.18. The molecule has 2 aromatic carbocycles. The van der Waals surface area contributed by atoms with Crippen molar-refractivity contribution >= 4 is 5.91 Å². The van der Waals surface area contributed by atoms with Gasteiger partial charge in [-0.3, -0.25) is 4.79 Å². The van der Waals surface area contributed by atoms with Crippen molar-refractivity contribution in [2.24, 2.45) is 5.73 Å². The first-order valence-corrected chi connectivity index (χ1v) is 5.98. The summed E-state index contributed by atoms with van der Waals surface area (Å²) in [6.45, 7) is 6.27. The highest BCUT2D eigenvalue weighted by Crippen LogP contribution is 2.29. The van der Waals surface area contributed by atoms with Crippen molar-refractivity contribution in [2.75, 3.05) is 0 Å². The first-order valence-electron chi connectivity index (χ1n) is 5.98. The SMILES string of the molecule is Cc1ccc(-c2ccccc2C(N)=O)c(C)c1C. The minimum atomic E-state index is -0.386. The molecule has 2 N–H and O–H groups in total. The van der Waals surface area contributed by atoms with Crippen molar-refractivity contribution in [3.05, 3.63) is 58.7 Å². The summed E-state index contributed by atoms with van der Waals surface area (Å²) in [4.78, 5) is 11.5. The molecular formula is C16H17NO. The fraction of sp³-hybridized carbons (Fsp3) is 0.188. The Kier molecular flexibility index (Phi) is 3.19. The summed E-state index contributed by atoms with van der Waals surface area (Å²) in [6.07, 6.45) is 0. The quantitative estimate of drug-likeness (QED) is 0.857. The van der Waals surface area contributed by atoms with E-state index in [0.29, 0.717) is 5.56 Å². The third-order valence-corrected chi connectivity index (χ3v) is 3.54. The van der Waals surface area contributed by atoms with Gasteiger partial charge in [0.2, 0.25) is 5.91 Å². The molecule has 2 nitrogen and oxygen atoms in total. The average Bonchev–Trinajstić information content (AvgIpc) is 2.36. The third kappa shape index (κ3) is 2.02. The number of nitrogens with two attached hydrogens (primary N) is 1. The van der Waals surface area contributed by atoms with Crippen molar-refractivity contribution in [2.45, 2.75) is 20.8 Å². The molecule has 0 aliphatic rings. The molecule has 2 aromatic rings. The lowest BCUT2D eigenvalue weighted by Crippen LogP contribution is -2.12. The molecule has 0 aliphatic heterocycles. The second kappa shape index (κ2) is 4.65. The van der Waals surface area contributed by atoms with Gasteiger partial charge in [-0.1, -0.05) is 30.3 Å². The van der Waals surface area contributed by atoms with Gasteiger partial charge >= 0.3 is 0 Å². The van der Waals surface area contributed by atoms with E-state index in [2.05, 4.69) is 32.9 Å². The summed E-state index contributed by atoms with van der Waals surface area (Å²) in [7, 11) is 0. The van der Waals surface area contributed by atoms with Crippen LogP contribution in [0.3, 0.4) is 0 Å². The van der Waals surface area contributed by atoms with Crippen LogP contribution in [0, 0.1) is 20.8 Å². The third-order valence-electron chi connectivity index (χ3n) is 3.54. The van der Waals surface area contributed by atoms with Crippen molar-refractivity contribution in [1.29, 1.82) is 0 Å². The Labute approximate surface area is 107 Å². The largest absolute Gasteiger partial charge is 0.366 e. The summed E-state index contributed by atoms with van der Waals surface area (Å²) in [5, 5.41) is 0. The molecule has 0 saturated carbocycles. The van der Waals surface area contributed by atoms with Gasteiger partial charge < -0.3 is 5.73 Å². The zero-order chi connectivity index (χ0) is 13.3. The summed E-state index contributed by atoms with van der Waals surface area (Å²) >= 11 is 0. The van der Waals surface area contributed by atoms with Gasteiger partial charge in [0.05, 0.1) is 0 Å². The van der Waals surface area contributed by atoms with E-state index in [1.807, 2.05) is 18.2 Å². The number of hydrogen-bond donors (Lipinski definition) is 1. The molecule has 0 atom stereocenters. The van der Waals surface area contributed by atoms with Crippen molar-refractivity contribution in [3.8, 4) is 11.1 Å². The minimum Gasteiger partial charge on any atom is -0.366 e. The molecule has 2 rings (SSSR count). The average molecular weight is 239 g/mol. The van der Waals surface area contributed by atoms with E-state index < -0.39 is 0 Å². The Bertz CT molecular complexity index is 614. The van der Waals surface area contributed by atoms with Crippen LogP contribution in [-0.2, 0) is 0 Å². The number of carbonyl (C=O) groups is 1. The fourth-order valence-electron chi connectivity index (χ4n) is 2.18. The van der Waals surface area contributed by atoms with E-state index >= 15 is 0 Å². The maximum Gasteiger partial charge on any atom is 0.249 e. The van der Waals surface area contributed by atoms with Gasteiger partial charge in [-0.15, -0.1) is 0 Å². The van der Waals surface area contributed by atoms with Gasteiger partial charge in [-0.05, 0) is 54.7 Å². The predicted octanol–water partition coefficient (Wildman–Crippen LogP) is 3.38. The number of hydrogen-bond acceptors (Lipinski definition) is 1. The number of rotatable bonds is 2. The first kappa shape index (κ1) is 12.4. The molecule has 0 bridgehead atoms. The second-order valence-electron chi connectivity index (χ2n) is 4.59. The molecule has 0 fully saturated rings. The number of amides is 1. The van der Waals surface area contributed by atoms with Crippen LogP contribution >= 0.6 is 0 Å². The van der Waals surface area contributed by atoms with Gasteiger partial charge in [0.1, 0.15) is 0 Å². The lowest BCUT2D eigenvalue weighted by atomic mass is 9.91. The summed E-state index contributed by atoms with van der Waals surface area (Å²) in [6, 6.07) is 11.6. The van der Waals surface area contributed by atoms with Crippen molar-refractivity contribution in [3.63, 3.8) is 0 Å². The zero-order valence-electron chi connectivity index (χ0n) is 10.9. The van der Waals surface area contributed by atoms with Crippen LogP contribution in [0.4, 0.5) is 0 Å². The van der Waals surface area contributed by atoms with Crippen LogP contribution in [0.1, 0.15) is 27.0 Å². The van der Waals surface area contributed by atoms with E-state index in [9.17, 15) is 4.79 Å². The monoisotopic (exact) mass is 239 g/mol. The second-order valence-corrected chi connectivity index (χ2v) is 4.59. The summed E-state index contributed by atoms with van der Waals surface area (Å²) in [5.74, 6) is -0.386. The highest BCUT2D eigenvalue weighted by Gasteiger charge is 2.12. The van der Waals surface area contributed by atoms with E-state index in [0.717, 1.165) is 11.1 Å². The lowest BCUT2D eigenvalue weighted by Gasteiger charge is -2.13. The highest BCUT2D eigenvalue weighted by atomic mass is 16.1. The molecule has 0 spiro atoms. The van der Waals surface area contributed by atoms with Crippen LogP contribution in [0.25, 0.3) is 11.1 Å². The minimum absolute atomic E-state index is 0.386. The van der Waals surface area contributed by atoms with Crippen molar-refractivity contribution in [1.82, 2.24) is 0 Å². The van der Waals surface area contributed by atoms with Crippen LogP contribution in [0.5, 0.6) is 0 Å². The zero-order valence-corrected chi connectivity index (χ0v) is 10.9. The topological polar surface area (TPSA) is 43.1 Å². The van der Waals surface area contributed by atoms with Gasteiger partial charge in [0, 0.05) is 5.56 Å². The van der Waals surface area contributed by atoms with E-state index in [1.54, 1.807) is 6.07 Å². The molecule has 0 saturated heterocycles. The summed E-state index contributed by atoms with van der Waals surface area (Å²) < 4.78 is 0. The summed E-state index contributed by atoms with van der Waals surface area (Å²) in [5.41, 5.74) is 11.7. The van der Waals surface area contributed by atoms with Gasteiger partial charge in [0.25, 0.3) is 0 Å². The first-order chi connectivity index (χ1) is 8.52. The molecule has 92 valence electrons. The Morgan fingerprint density at radius 1 is 0.889 bits per heavy atom. The Morgan fingerprint density at radius 3 is 2.22 bits per heavy atom.